The Kier molecular flexibility index (Phi) is 3.88. The van der Waals surface area contributed by atoms with Crippen LogP contribution in [0.25, 0.3) is 10.2 Å². The summed E-state index contributed by atoms with van der Waals surface area (Å²) in [5.41, 5.74) is 1.56. The number of likely N-dealkylation sites (tertiary alicyclic amines) is 1. The molecule has 2 atom stereocenters. The standard InChI is InChI=1S/C18H19N3O3S/c1-10-3-4-16(24-10)12-8-21(9-15(12)19-11(2)22)18(23)14-7-17-13(20-14)5-6-25-17/h3-7,12,15,20H,8-9H2,1-2H3,(H,19,22)/t12-,15-/m1/s1. The van der Waals surface area contributed by atoms with E-state index < -0.39 is 0 Å². The van der Waals surface area contributed by atoms with Crippen molar-refractivity contribution in [2.75, 3.05) is 13.1 Å². The van der Waals surface area contributed by atoms with Gasteiger partial charge < -0.3 is 19.6 Å². The van der Waals surface area contributed by atoms with E-state index in [-0.39, 0.29) is 23.8 Å². The van der Waals surface area contributed by atoms with E-state index >= 15 is 0 Å². The normalized spacial score (nSPS) is 20.3. The number of H-pyrrole nitrogens is 1. The lowest BCUT2D eigenvalue weighted by molar-refractivity contribution is -0.119. The van der Waals surface area contributed by atoms with Gasteiger partial charge in [0.25, 0.3) is 5.91 Å². The van der Waals surface area contributed by atoms with Crippen molar-refractivity contribution in [1.29, 1.82) is 0 Å². The van der Waals surface area contributed by atoms with Crippen molar-refractivity contribution < 1.29 is 14.0 Å². The minimum atomic E-state index is -0.150. The number of nitrogens with one attached hydrogen (secondary N) is 2. The summed E-state index contributed by atoms with van der Waals surface area (Å²) in [6, 6.07) is 7.54. The van der Waals surface area contributed by atoms with E-state index in [2.05, 4.69) is 10.3 Å². The van der Waals surface area contributed by atoms with E-state index in [1.807, 2.05) is 36.6 Å². The highest BCUT2D eigenvalue weighted by atomic mass is 32.1. The lowest BCUT2D eigenvalue weighted by Crippen LogP contribution is -2.39. The van der Waals surface area contributed by atoms with Crippen LogP contribution in [0.5, 0.6) is 0 Å². The van der Waals surface area contributed by atoms with Crippen LogP contribution in [-0.4, -0.2) is 40.8 Å². The fourth-order valence-electron chi connectivity index (χ4n) is 3.45. The number of hydrogen-bond acceptors (Lipinski definition) is 4. The first kappa shape index (κ1) is 16.0. The Labute approximate surface area is 148 Å². The maximum absolute atomic E-state index is 12.9. The zero-order chi connectivity index (χ0) is 17.6. The Balaban J connectivity index is 1.58. The third-order valence-corrected chi connectivity index (χ3v) is 5.46. The molecule has 1 fully saturated rings. The highest BCUT2D eigenvalue weighted by molar-refractivity contribution is 7.17. The molecule has 130 valence electrons. The summed E-state index contributed by atoms with van der Waals surface area (Å²) in [5, 5.41) is 4.95. The topological polar surface area (TPSA) is 78.3 Å². The van der Waals surface area contributed by atoms with Crippen LogP contribution in [0, 0.1) is 6.92 Å². The second kappa shape index (κ2) is 6.07. The SMILES string of the molecule is CC(=O)N[C@@H]1CN(C(=O)c2cc3sccc3[nH]2)C[C@H]1c1ccc(C)o1. The molecule has 0 saturated carbocycles. The number of aromatic amines is 1. The second-order valence-corrected chi connectivity index (χ2v) is 7.40. The maximum Gasteiger partial charge on any atom is 0.270 e. The van der Waals surface area contributed by atoms with Gasteiger partial charge >= 0.3 is 0 Å². The van der Waals surface area contributed by atoms with E-state index in [0.717, 1.165) is 21.7 Å². The monoisotopic (exact) mass is 357 g/mol. The van der Waals surface area contributed by atoms with Gasteiger partial charge in [0, 0.05) is 20.0 Å². The van der Waals surface area contributed by atoms with Crippen molar-refractivity contribution in [3.8, 4) is 0 Å². The molecular weight excluding hydrogens is 338 g/mol. The van der Waals surface area contributed by atoms with Crippen molar-refractivity contribution in [3.05, 3.63) is 46.9 Å². The van der Waals surface area contributed by atoms with Crippen LogP contribution in [0.15, 0.2) is 34.1 Å². The van der Waals surface area contributed by atoms with Gasteiger partial charge in [-0.25, -0.2) is 0 Å². The first-order valence-corrected chi connectivity index (χ1v) is 9.08. The van der Waals surface area contributed by atoms with E-state index in [4.69, 9.17) is 4.42 Å². The van der Waals surface area contributed by atoms with Gasteiger partial charge in [0.05, 0.1) is 22.2 Å². The van der Waals surface area contributed by atoms with Crippen molar-refractivity contribution in [1.82, 2.24) is 15.2 Å². The molecule has 2 amide bonds. The van der Waals surface area contributed by atoms with Gasteiger partial charge in [-0.05, 0) is 36.6 Å². The summed E-state index contributed by atoms with van der Waals surface area (Å²) >= 11 is 1.60. The zero-order valence-electron chi connectivity index (χ0n) is 14.0. The average Bonchev–Trinajstić information content (AvgIpc) is 3.27. The van der Waals surface area contributed by atoms with Crippen molar-refractivity contribution in [3.63, 3.8) is 0 Å². The minimum Gasteiger partial charge on any atom is -0.466 e. The highest BCUT2D eigenvalue weighted by Crippen LogP contribution is 2.31. The quantitative estimate of drug-likeness (QED) is 0.756. The van der Waals surface area contributed by atoms with Gasteiger partial charge in [-0.2, -0.15) is 0 Å². The molecule has 1 aliphatic heterocycles. The summed E-state index contributed by atoms with van der Waals surface area (Å²) in [7, 11) is 0. The highest BCUT2D eigenvalue weighted by Gasteiger charge is 2.39. The van der Waals surface area contributed by atoms with Gasteiger partial charge in [0.1, 0.15) is 17.2 Å². The Morgan fingerprint density at radius 3 is 2.84 bits per heavy atom. The first-order chi connectivity index (χ1) is 12.0. The molecule has 3 aromatic heterocycles. The molecule has 0 bridgehead atoms. The molecule has 7 heteroatoms. The molecule has 6 nitrogen and oxygen atoms in total. The largest absolute Gasteiger partial charge is 0.466 e. The fraction of sp³-hybridized carbons (Fsp3) is 0.333. The number of furan rings is 1. The molecule has 0 unspecified atom stereocenters. The molecular formula is C18H19N3O3S. The predicted molar refractivity (Wildman–Crippen MR) is 95.9 cm³/mol. The van der Waals surface area contributed by atoms with Crippen LogP contribution in [0.3, 0.4) is 0 Å². The number of carbonyl (C=O) groups is 2. The van der Waals surface area contributed by atoms with Crippen LogP contribution < -0.4 is 5.32 Å². The molecule has 4 heterocycles. The molecule has 0 radical (unpaired) electrons. The van der Waals surface area contributed by atoms with Crippen molar-refractivity contribution >= 4 is 33.4 Å². The van der Waals surface area contributed by atoms with Gasteiger partial charge in [0.2, 0.25) is 5.91 Å². The van der Waals surface area contributed by atoms with Crippen LogP contribution in [0.1, 0.15) is 34.9 Å². The minimum absolute atomic E-state index is 0.0439. The molecule has 1 saturated heterocycles. The lowest BCUT2D eigenvalue weighted by Gasteiger charge is -2.16. The van der Waals surface area contributed by atoms with E-state index in [1.54, 1.807) is 16.2 Å². The Morgan fingerprint density at radius 2 is 2.16 bits per heavy atom. The van der Waals surface area contributed by atoms with E-state index in [1.165, 1.54) is 6.92 Å². The Morgan fingerprint density at radius 1 is 1.32 bits per heavy atom. The Hall–Kier alpha value is -2.54. The summed E-state index contributed by atoms with van der Waals surface area (Å²) in [6.45, 7) is 4.37. The number of thiophene rings is 1. The maximum atomic E-state index is 12.9. The fourth-order valence-corrected chi connectivity index (χ4v) is 4.23. The van der Waals surface area contributed by atoms with Crippen LogP contribution in [0.2, 0.25) is 0 Å². The molecule has 0 spiro atoms. The average molecular weight is 357 g/mol. The van der Waals surface area contributed by atoms with Gasteiger partial charge in [-0.15, -0.1) is 11.3 Å². The van der Waals surface area contributed by atoms with E-state index in [9.17, 15) is 9.59 Å². The second-order valence-electron chi connectivity index (χ2n) is 6.45. The number of nitrogens with zero attached hydrogens (tertiary/aromatic N) is 1. The molecule has 25 heavy (non-hydrogen) atoms. The van der Waals surface area contributed by atoms with Crippen molar-refractivity contribution in [2.45, 2.75) is 25.8 Å². The van der Waals surface area contributed by atoms with Crippen LogP contribution in [0.4, 0.5) is 0 Å². The summed E-state index contributed by atoms with van der Waals surface area (Å²) in [6.07, 6.45) is 0. The smallest absolute Gasteiger partial charge is 0.270 e. The summed E-state index contributed by atoms with van der Waals surface area (Å²) in [4.78, 5) is 29.4. The van der Waals surface area contributed by atoms with Crippen LogP contribution >= 0.6 is 11.3 Å². The number of fused-ring (bicyclic) bond motifs is 1. The van der Waals surface area contributed by atoms with Gasteiger partial charge in [-0.3, -0.25) is 9.59 Å². The number of rotatable bonds is 3. The van der Waals surface area contributed by atoms with E-state index in [0.29, 0.717) is 18.8 Å². The molecule has 2 N–H and O–H groups in total. The third-order valence-electron chi connectivity index (χ3n) is 4.59. The molecule has 3 aromatic rings. The summed E-state index contributed by atoms with van der Waals surface area (Å²) < 4.78 is 6.82. The third kappa shape index (κ3) is 2.95. The van der Waals surface area contributed by atoms with Crippen molar-refractivity contribution in [2.24, 2.45) is 0 Å². The number of aromatic nitrogens is 1. The number of hydrogen-bond donors (Lipinski definition) is 2. The molecule has 0 aromatic carbocycles. The summed E-state index contributed by atoms with van der Waals surface area (Å²) in [5.74, 6) is 1.43. The van der Waals surface area contributed by atoms with Gasteiger partial charge in [0.15, 0.2) is 0 Å². The lowest BCUT2D eigenvalue weighted by atomic mass is 10.0. The Bertz CT molecular complexity index is 910. The number of aryl methyl sites for hydroxylation is 1. The van der Waals surface area contributed by atoms with Gasteiger partial charge in [-0.1, -0.05) is 0 Å². The predicted octanol–water partition coefficient (Wildman–Crippen LogP) is 2.88. The number of amides is 2. The zero-order valence-corrected chi connectivity index (χ0v) is 14.9. The van der Waals surface area contributed by atoms with Crippen LogP contribution in [-0.2, 0) is 4.79 Å². The molecule has 1 aliphatic rings. The molecule has 0 aliphatic carbocycles. The molecule has 4 rings (SSSR count). The number of carbonyl (C=O) groups excluding carboxylic acids is 2. The first-order valence-electron chi connectivity index (χ1n) is 8.20.